The summed E-state index contributed by atoms with van der Waals surface area (Å²) in [5.74, 6) is 1.70. The fourth-order valence-electron chi connectivity index (χ4n) is 1.88. The highest BCUT2D eigenvalue weighted by Gasteiger charge is 2.10. The van der Waals surface area contributed by atoms with Gasteiger partial charge in [-0.15, -0.1) is 0 Å². The quantitative estimate of drug-likeness (QED) is 0.866. The van der Waals surface area contributed by atoms with Gasteiger partial charge in [-0.1, -0.05) is 6.92 Å². The number of nitrogens with one attached hydrogen (secondary N) is 1. The smallest absolute Gasteiger partial charge is 0.138 e. The van der Waals surface area contributed by atoms with Crippen molar-refractivity contribution in [3.63, 3.8) is 0 Å². The van der Waals surface area contributed by atoms with Crippen LogP contribution >= 0.6 is 0 Å². The number of pyridine rings is 1. The van der Waals surface area contributed by atoms with E-state index in [0.29, 0.717) is 6.54 Å². The van der Waals surface area contributed by atoms with Crippen molar-refractivity contribution in [2.24, 2.45) is 0 Å². The number of furan rings is 1. The van der Waals surface area contributed by atoms with E-state index < -0.39 is 0 Å². The van der Waals surface area contributed by atoms with E-state index in [1.807, 2.05) is 32.2 Å². The normalized spacial score (nSPS) is 10.9. The zero-order valence-electron chi connectivity index (χ0n) is 11.6. The van der Waals surface area contributed by atoms with Crippen LogP contribution in [0.3, 0.4) is 0 Å². The molecule has 0 fully saturated rings. The molecule has 0 aliphatic heterocycles. The third-order valence-electron chi connectivity index (χ3n) is 2.68. The van der Waals surface area contributed by atoms with Gasteiger partial charge in [0.1, 0.15) is 11.5 Å². The summed E-state index contributed by atoms with van der Waals surface area (Å²) < 4.78 is 11.2. The fraction of sp³-hybridized carbons (Fsp3) is 0.400. The molecule has 1 N–H and O–H groups in total. The lowest BCUT2D eigenvalue weighted by Crippen LogP contribution is -2.11. The lowest BCUT2D eigenvalue weighted by Gasteiger charge is -2.10. The highest BCUT2D eigenvalue weighted by atomic mass is 16.5. The van der Waals surface area contributed by atoms with Crippen LogP contribution in [0.15, 0.2) is 35.2 Å². The Kier molecular flexibility index (Phi) is 4.58. The molecule has 0 unspecified atom stereocenters. The summed E-state index contributed by atoms with van der Waals surface area (Å²) >= 11 is 0. The average molecular weight is 260 g/mol. The van der Waals surface area contributed by atoms with E-state index in [4.69, 9.17) is 9.15 Å². The first-order valence-electron chi connectivity index (χ1n) is 6.60. The second-order valence-corrected chi connectivity index (χ2v) is 4.61. The first kappa shape index (κ1) is 13.6. The molecule has 4 nitrogen and oxygen atoms in total. The van der Waals surface area contributed by atoms with Gasteiger partial charge in [0.25, 0.3) is 0 Å². The van der Waals surface area contributed by atoms with Crippen LogP contribution in [0, 0.1) is 0 Å². The van der Waals surface area contributed by atoms with E-state index in [1.54, 1.807) is 12.5 Å². The molecule has 2 heterocycles. The van der Waals surface area contributed by atoms with Crippen molar-refractivity contribution in [3.8, 4) is 16.9 Å². The number of nitrogens with zero attached hydrogens (tertiary/aromatic N) is 1. The number of aromatic nitrogens is 1. The summed E-state index contributed by atoms with van der Waals surface area (Å²) in [4.78, 5) is 4.23. The molecule has 0 saturated carbocycles. The summed E-state index contributed by atoms with van der Waals surface area (Å²) in [6.07, 6.45) is 5.40. The molecule has 2 aromatic heterocycles. The lowest BCUT2D eigenvalue weighted by atomic mass is 10.1. The zero-order valence-corrected chi connectivity index (χ0v) is 11.6. The van der Waals surface area contributed by atoms with Gasteiger partial charge in [-0.3, -0.25) is 4.98 Å². The van der Waals surface area contributed by atoms with Gasteiger partial charge in [0.05, 0.1) is 25.1 Å². The van der Waals surface area contributed by atoms with E-state index in [2.05, 4.69) is 17.2 Å². The molecule has 19 heavy (non-hydrogen) atoms. The summed E-state index contributed by atoms with van der Waals surface area (Å²) in [5.41, 5.74) is 2.07. The SMILES string of the molecule is CCNCc1occc1-c1cncc(OC(C)C)c1. The molecular formula is C15H20N2O2. The van der Waals surface area contributed by atoms with E-state index in [0.717, 1.165) is 29.2 Å². The highest BCUT2D eigenvalue weighted by Crippen LogP contribution is 2.27. The third kappa shape index (κ3) is 3.58. The van der Waals surface area contributed by atoms with Crippen LogP contribution in [-0.4, -0.2) is 17.6 Å². The second-order valence-electron chi connectivity index (χ2n) is 4.61. The topological polar surface area (TPSA) is 47.3 Å². The largest absolute Gasteiger partial charge is 0.489 e. The molecule has 0 aliphatic carbocycles. The predicted molar refractivity (Wildman–Crippen MR) is 75.1 cm³/mol. The molecule has 0 saturated heterocycles. The summed E-state index contributed by atoms with van der Waals surface area (Å²) in [6, 6.07) is 3.95. The maximum atomic E-state index is 5.67. The Morgan fingerprint density at radius 2 is 2.21 bits per heavy atom. The van der Waals surface area contributed by atoms with Gasteiger partial charge in [-0.25, -0.2) is 0 Å². The highest BCUT2D eigenvalue weighted by molar-refractivity contribution is 5.65. The molecule has 0 amide bonds. The van der Waals surface area contributed by atoms with Crippen molar-refractivity contribution in [1.82, 2.24) is 10.3 Å². The van der Waals surface area contributed by atoms with Crippen LogP contribution in [0.1, 0.15) is 26.5 Å². The molecule has 2 rings (SSSR count). The maximum Gasteiger partial charge on any atom is 0.138 e. The molecular weight excluding hydrogens is 240 g/mol. The van der Waals surface area contributed by atoms with E-state index in [1.165, 1.54) is 0 Å². The Labute approximate surface area is 113 Å². The van der Waals surface area contributed by atoms with Gasteiger partial charge >= 0.3 is 0 Å². The van der Waals surface area contributed by atoms with Crippen molar-refractivity contribution in [3.05, 3.63) is 36.5 Å². The van der Waals surface area contributed by atoms with Crippen LogP contribution in [0.4, 0.5) is 0 Å². The Hall–Kier alpha value is -1.81. The van der Waals surface area contributed by atoms with Crippen LogP contribution in [0.5, 0.6) is 5.75 Å². The zero-order chi connectivity index (χ0) is 13.7. The van der Waals surface area contributed by atoms with Crippen molar-refractivity contribution in [2.45, 2.75) is 33.4 Å². The van der Waals surface area contributed by atoms with E-state index >= 15 is 0 Å². The van der Waals surface area contributed by atoms with Crippen LogP contribution < -0.4 is 10.1 Å². The van der Waals surface area contributed by atoms with Crippen LogP contribution in [0.25, 0.3) is 11.1 Å². The minimum atomic E-state index is 0.141. The first-order valence-corrected chi connectivity index (χ1v) is 6.60. The molecule has 0 spiro atoms. The summed E-state index contributed by atoms with van der Waals surface area (Å²) in [6.45, 7) is 7.70. The van der Waals surface area contributed by atoms with Gasteiger partial charge < -0.3 is 14.5 Å². The van der Waals surface area contributed by atoms with E-state index in [9.17, 15) is 0 Å². The molecule has 2 aromatic rings. The molecule has 102 valence electrons. The van der Waals surface area contributed by atoms with Gasteiger partial charge in [-0.05, 0) is 32.5 Å². The number of ether oxygens (including phenoxy) is 1. The minimum Gasteiger partial charge on any atom is -0.489 e. The van der Waals surface area contributed by atoms with Gasteiger partial charge in [0, 0.05) is 17.3 Å². The summed E-state index contributed by atoms with van der Waals surface area (Å²) in [5, 5.41) is 3.26. The maximum absolute atomic E-state index is 5.67. The van der Waals surface area contributed by atoms with Gasteiger partial charge in [-0.2, -0.15) is 0 Å². The molecule has 0 radical (unpaired) electrons. The Morgan fingerprint density at radius 1 is 1.37 bits per heavy atom. The monoisotopic (exact) mass is 260 g/mol. The average Bonchev–Trinajstić information content (AvgIpc) is 2.84. The second kappa shape index (κ2) is 6.38. The third-order valence-corrected chi connectivity index (χ3v) is 2.68. The molecule has 0 atom stereocenters. The molecule has 4 heteroatoms. The standard InChI is InChI=1S/C15H20N2O2/c1-4-16-10-15-14(5-6-18-15)12-7-13(9-17-8-12)19-11(2)3/h5-9,11,16H,4,10H2,1-3H3. The van der Waals surface area contributed by atoms with Crippen molar-refractivity contribution >= 4 is 0 Å². The number of hydrogen-bond acceptors (Lipinski definition) is 4. The van der Waals surface area contributed by atoms with Gasteiger partial charge in [0.2, 0.25) is 0 Å². The van der Waals surface area contributed by atoms with Crippen LogP contribution in [0.2, 0.25) is 0 Å². The van der Waals surface area contributed by atoms with Crippen molar-refractivity contribution < 1.29 is 9.15 Å². The summed E-state index contributed by atoms with van der Waals surface area (Å²) in [7, 11) is 0. The fourth-order valence-corrected chi connectivity index (χ4v) is 1.88. The minimum absolute atomic E-state index is 0.141. The lowest BCUT2D eigenvalue weighted by molar-refractivity contribution is 0.241. The van der Waals surface area contributed by atoms with Crippen molar-refractivity contribution in [2.75, 3.05) is 6.54 Å². The van der Waals surface area contributed by atoms with Crippen molar-refractivity contribution in [1.29, 1.82) is 0 Å². The van der Waals surface area contributed by atoms with E-state index in [-0.39, 0.29) is 6.10 Å². The van der Waals surface area contributed by atoms with Crippen LogP contribution in [-0.2, 0) is 6.54 Å². The number of rotatable bonds is 6. The number of hydrogen-bond donors (Lipinski definition) is 1. The first-order chi connectivity index (χ1) is 9.20. The molecule has 0 bridgehead atoms. The Bertz CT molecular complexity index is 520. The van der Waals surface area contributed by atoms with Gasteiger partial charge in [0.15, 0.2) is 0 Å². The molecule has 0 aliphatic rings. The predicted octanol–water partition coefficient (Wildman–Crippen LogP) is 3.24. The molecule has 0 aromatic carbocycles. The Balaban J connectivity index is 2.23. The Morgan fingerprint density at radius 3 is 2.95 bits per heavy atom.